The molecule has 3 heteroatoms. The topological polar surface area (TPSA) is 18.5 Å². The van der Waals surface area contributed by atoms with Crippen molar-refractivity contribution in [3.63, 3.8) is 0 Å². The lowest BCUT2D eigenvalue weighted by Crippen LogP contribution is -2.20. The van der Waals surface area contributed by atoms with Crippen LogP contribution in [0.3, 0.4) is 0 Å². The minimum atomic E-state index is 0.300. The molecule has 0 amide bonds. The van der Waals surface area contributed by atoms with Crippen molar-refractivity contribution in [2.24, 2.45) is 0 Å². The highest BCUT2D eigenvalue weighted by atomic mass is 127. The Balaban J connectivity index is 1.82. The number of hydrogen-bond acceptors (Lipinski definition) is 2. The molecule has 1 saturated carbocycles. The van der Waals surface area contributed by atoms with E-state index >= 15 is 0 Å². The molecule has 1 aliphatic carbocycles. The Morgan fingerprint density at radius 2 is 1.48 bits per heavy atom. The molecule has 158 valence electrons. The van der Waals surface area contributed by atoms with Gasteiger partial charge in [0.25, 0.3) is 0 Å². The first-order valence-corrected chi connectivity index (χ1v) is 12.2. The predicted molar refractivity (Wildman–Crippen MR) is 138 cm³/mol. The van der Waals surface area contributed by atoms with Gasteiger partial charge in [-0.3, -0.25) is 0 Å². The lowest BCUT2D eigenvalue weighted by Gasteiger charge is -2.26. The molecule has 0 unspecified atom stereocenters. The molecular weight excluding hydrogens is 495 g/mol. The summed E-state index contributed by atoms with van der Waals surface area (Å²) < 4.78 is 13.6. The summed E-state index contributed by atoms with van der Waals surface area (Å²) in [4.78, 5) is 0. The molecule has 5 rings (SSSR count). The van der Waals surface area contributed by atoms with Crippen LogP contribution in [0.25, 0.3) is 32.7 Å². The van der Waals surface area contributed by atoms with Crippen molar-refractivity contribution in [3.8, 4) is 16.9 Å². The molecule has 1 aliphatic rings. The van der Waals surface area contributed by atoms with E-state index in [0.717, 1.165) is 18.6 Å². The maximum absolute atomic E-state index is 6.73. The molecule has 0 saturated heterocycles. The number of halogens is 1. The Kier molecular flexibility index (Phi) is 6.15. The molecule has 0 bridgehead atoms. The van der Waals surface area contributed by atoms with Crippen LogP contribution in [0.5, 0.6) is 5.75 Å². The Hall–Kier alpha value is -2.11. The first-order valence-electron chi connectivity index (χ1n) is 11.1. The minimum absolute atomic E-state index is 0.300. The summed E-state index contributed by atoms with van der Waals surface area (Å²) in [7, 11) is 1.78. The van der Waals surface area contributed by atoms with Crippen LogP contribution in [-0.4, -0.2) is 13.2 Å². The zero-order chi connectivity index (χ0) is 21.2. The highest BCUT2D eigenvalue weighted by Crippen LogP contribution is 2.45. The molecule has 0 aromatic heterocycles. The van der Waals surface area contributed by atoms with Crippen molar-refractivity contribution >= 4 is 44.1 Å². The van der Waals surface area contributed by atoms with Gasteiger partial charge < -0.3 is 9.47 Å². The average molecular weight is 522 g/mol. The third kappa shape index (κ3) is 4.06. The second-order valence-electron chi connectivity index (χ2n) is 8.40. The van der Waals surface area contributed by atoms with Gasteiger partial charge in [-0.1, -0.05) is 61.0 Å². The van der Waals surface area contributed by atoms with Crippen molar-refractivity contribution in [3.05, 3.63) is 75.9 Å². The Morgan fingerprint density at radius 1 is 0.806 bits per heavy atom. The molecule has 31 heavy (non-hydrogen) atoms. The average Bonchev–Trinajstić information content (AvgIpc) is 2.81. The van der Waals surface area contributed by atoms with Crippen LogP contribution in [-0.2, 0) is 11.3 Å². The van der Waals surface area contributed by atoms with Gasteiger partial charge in [-0.25, -0.2) is 0 Å². The zero-order valence-electron chi connectivity index (χ0n) is 17.9. The zero-order valence-corrected chi connectivity index (χ0v) is 20.0. The Morgan fingerprint density at radius 3 is 2.23 bits per heavy atom. The predicted octanol–water partition coefficient (Wildman–Crippen LogP) is 8.12. The number of methoxy groups -OCH3 is 1. The van der Waals surface area contributed by atoms with E-state index in [1.807, 2.05) is 0 Å². The van der Waals surface area contributed by atoms with E-state index in [-0.39, 0.29) is 0 Å². The third-order valence-electron chi connectivity index (χ3n) is 6.38. The van der Waals surface area contributed by atoms with Gasteiger partial charge >= 0.3 is 0 Å². The van der Waals surface area contributed by atoms with Crippen LogP contribution >= 0.6 is 22.6 Å². The van der Waals surface area contributed by atoms with Gasteiger partial charge in [-0.05, 0) is 87.5 Å². The van der Waals surface area contributed by atoms with E-state index in [1.165, 1.54) is 61.1 Å². The summed E-state index contributed by atoms with van der Waals surface area (Å²) in [5, 5.41) is 4.97. The normalized spacial score (nSPS) is 14.9. The number of ether oxygens (including phenoxy) is 2. The Bertz CT molecular complexity index is 1220. The number of hydrogen-bond donors (Lipinski definition) is 0. The summed E-state index contributed by atoms with van der Waals surface area (Å²) in [5.41, 5.74) is 3.67. The second-order valence-corrected chi connectivity index (χ2v) is 9.57. The molecule has 0 radical (unpaired) electrons. The van der Waals surface area contributed by atoms with Gasteiger partial charge in [0.15, 0.2) is 0 Å². The number of benzene rings is 4. The van der Waals surface area contributed by atoms with Crippen molar-refractivity contribution in [1.29, 1.82) is 0 Å². The first kappa shape index (κ1) is 20.8. The fourth-order valence-electron chi connectivity index (χ4n) is 4.90. The van der Waals surface area contributed by atoms with Gasteiger partial charge in [0.05, 0.1) is 12.7 Å². The SMILES string of the molecule is COCc1c(I)cc2ccccc2c1-c1c(OC2CCCCC2)ccc2ccccc12. The summed E-state index contributed by atoms with van der Waals surface area (Å²) in [5.74, 6) is 0.995. The van der Waals surface area contributed by atoms with Crippen LogP contribution in [0.15, 0.2) is 66.7 Å². The maximum Gasteiger partial charge on any atom is 0.128 e. The van der Waals surface area contributed by atoms with Gasteiger partial charge in [0.2, 0.25) is 0 Å². The quantitative estimate of drug-likeness (QED) is 0.247. The van der Waals surface area contributed by atoms with Crippen LogP contribution in [0, 0.1) is 3.57 Å². The van der Waals surface area contributed by atoms with Crippen molar-refractivity contribution in [2.45, 2.75) is 44.8 Å². The summed E-state index contributed by atoms with van der Waals surface area (Å²) in [6, 6.07) is 24.0. The summed E-state index contributed by atoms with van der Waals surface area (Å²) >= 11 is 2.45. The van der Waals surface area contributed by atoms with Crippen LogP contribution in [0.4, 0.5) is 0 Å². The van der Waals surface area contributed by atoms with Crippen molar-refractivity contribution < 1.29 is 9.47 Å². The van der Waals surface area contributed by atoms with E-state index in [2.05, 4.69) is 89.3 Å². The third-order valence-corrected chi connectivity index (χ3v) is 7.34. The first-order chi connectivity index (χ1) is 15.3. The molecule has 0 heterocycles. The van der Waals surface area contributed by atoms with E-state index < -0.39 is 0 Å². The highest BCUT2D eigenvalue weighted by molar-refractivity contribution is 14.1. The smallest absolute Gasteiger partial charge is 0.128 e. The van der Waals surface area contributed by atoms with E-state index in [9.17, 15) is 0 Å². The lowest BCUT2D eigenvalue weighted by molar-refractivity contribution is 0.156. The second kappa shape index (κ2) is 9.17. The van der Waals surface area contributed by atoms with E-state index in [0.29, 0.717) is 12.7 Å². The fraction of sp³-hybridized carbons (Fsp3) is 0.286. The van der Waals surface area contributed by atoms with Gasteiger partial charge in [-0.15, -0.1) is 0 Å². The van der Waals surface area contributed by atoms with Crippen molar-refractivity contribution in [1.82, 2.24) is 0 Å². The fourth-order valence-corrected chi connectivity index (χ4v) is 5.66. The Labute approximate surface area is 197 Å². The number of fused-ring (bicyclic) bond motifs is 2. The highest BCUT2D eigenvalue weighted by Gasteiger charge is 2.22. The molecule has 2 nitrogen and oxygen atoms in total. The lowest BCUT2D eigenvalue weighted by atomic mass is 9.89. The largest absolute Gasteiger partial charge is 0.490 e. The van der Waals surface area contributed by atoms with E-state index in [4.69, 9.17) is 9.47 Å². The molecule has 0 N–H and O–H groups in total. The molecule has 0 aliphatic heterocycles. The minimum Gasteiger partial charge on any atom is -0.490 e. The van der Waals surface area contributed by atoms with Crippen LogP contribution < -0.4 is 4.74 Å². The van der Waals surface area contributed by atoms with Gasteiger partial charge in [-0.2, -0.15) is 0 Å². The van der Waals surface area contributed by atoms with Gasteiger partial charge in [0, 0.05) is 21.8 Å². The standard InChI is InChI=1S/C28H27IO2/c1-30-18-24-25(29)17-20-10-6-8-14-23(20)27(24)28-22-13-7-5-9-19(22)15-16-26(28)31-21-11-3-2-4-12-21/h5-10,13-17,21H,2-4,11-12,18H2,1H3. The molecule has 0 spiro atoms. The van der Waals surface area contributed by atoms with Crippen molar-refractivity contribution in [2.75, 3.05) is 7.11 Å². The maximum atomic E-state index is 6.73. The van der Waals surface area contributed by atoms with Crippen LogP contribution in [0.1, 0.15) is 37.7 Å². The molecular formula is C28H27IO2. The molecule has 4 aromatic carbocycles. The molecule has 1 fully saturated rings. The molecule has 0 atom stereocenters. The summed E-state index contributed by atoms with van der Waals surface area (Å²) in [6.07, 6.45) is 6.43. The van der Waals surface area contributed by atoms with Gasteiger partial charge in [0.1, 0.15) is 5.75 Å². The molecule has 4 aromatic rings. The van der Waals surface area contributed by atoms with E-state index in [1.54, 1.807) is 7.11 Å². The number of rotatable bonds is 5. The monoisotopic (exact) mass is 522 g/mol. The summed E-state index contributed by atoms with van der Waals surface area (Å²) in [6.45, 7) is 0.574. The van der Waals surface area contributed by atoms with Crippen LogP contribution in [0.2, 0.25) is 0 Å².